The van der Waals surface area contributed by atoms with Crippen molar-refractivity contribution in [3.63, 3.8) is 0 Å². The second-order valence-corrected chi connectivity index (χ2v) is 7.22. The van der Waals surface area contributed by atoms with E-state index in [0.717, 1.165) is 18.7 Å². The van der Waals surface area contributed by atoms with Crippen molar-refractivity contribution in [2.75, 3.05) is 11.5 Å². The molecule has 4 nitrogen and oxygen atoms in total. The third-order valence-corrected chi connectivity index (χ3v) is 5.34. The van der Waals surface area contributed by atoms with Gasteiger partial charge in [-0.3, -0.25) is 4.99 Å². The molecule has 2 rings (SSSR count). The van der Waals surface area contributed by atoms with Crippen LogP contribution in [0.5, 0.6) is 0 Å². The Morgan fingerprint density at radius 3 is 2.19 bits per heavy atom. The van der Waals surface area contributed by atoms with Crippen LogP contribution in [0.1, 0.15) is 38.5 Å². The summed E-state index contributed by atoms with van der Waals surface area (Å²) < 4.78 is 22.5. The van der Waals surface area contributed by atoms with Crippen LogP contribution in [0, 0.1) is 5.92 Å². The van der Waals surface area contributed by atoms with Gasteiger partial charge in [0.1, 0.15) is 9.84 Å². The molecule has 1 aliphatic carbocycles. The van der Waals surface area contributed by atoms with Gasteiger partial charge in [-0.15, -0.1) is 0 Å². The smallest absolute Gasteiger partial charge is 0.150 e. The first kappa shape index (κ1) is 11.9. The molecule has 1 heterocycles. The Kier molecular flexibility index (Phi) is 3.52. The molecule has 16 heavy (non-hydrogen) atoms. The van der Waals surface area contributed by atoms with Crippen molar-refractivity contribution < 1.29 is 8.42 Å². The second-order valence-electron chi connectivity index (χ2n) is 4.92. The molecular weight excluding hydrogens is 224 g/mol. The van der Waals surface area contributed by atoms with Crippen molar-refractivity contribution in [2.45, 2.75) is 44.6 Å². The normalized spacial score (nSPS) is 28.4. The maximum absolute atomic E-state index is 11.3. The maximum Gasteiger partial charge on any atom is 0.150 e. The van der Waals surface area contributed by atoms with E-state index in [2.05, 4.69) is 4.99 Å². The Balaban J connectivity index is 1.91. The van der Waals surface area contributed by atoms with Gasteiger partial charge in [0.25, 0.3) is 0 Å². The summed E-state index contributed by atoms with van der Waals surface area (Å²) in [5, 5.41) is 0. The molecule has 2 fully saturated rings. The van der Waals surface area contributed by atoms with Gasteiger partial charge < -0.3 is 5.73 Å². The van der Waals surface area contributed by atoms with Crippen LogP contribution >= 0.6 is 0 Å². The predicted octanol–water partition coefficient (Wildman–Crippen LogP) is 1.11. The van der Waals surface area contributed by atoms with Gasteiger partial charge in [0, 0.05) is 5.92 Å². The first-order valence-corrected chi connectivity index (χ1v) is 7.92. The standard InChI is InChI=1S/C11H20N2O2S/c12-11(9-3-1-2-4-9)13-10-5-7-16(14,15)8-6-10/h9-10H,1-8H2,(H2,12,13). The predicted molar refractivity (Wildman–Crippen MR) is 65.3 cm³/mol. The lowest BCUT2D eigenvalue weighted by atomic mass is 10.1. The van der Waals surface area contributed by atoms with E-state index in [1.54, 1.807) is 0 Å². The molecule has 92 valence electrons. The molecule has 1 aliphatic heterocycles. The van der Waals surface area contributed by atoms with E-state index in [0.29, 0.717) is 18.8 Å². The van der Waals surface area contributed by atoms with Gasteiger partial charge in [0.15, 0.2) is 0 Å². The summed E-state index contributed by atoms with van der Waals surface area (Å²) >= 11 is 0. The Bertz CT molecular complexity index is 355. The number of hydrogen-bond donors (Lipinski definition) is 1. The van der Waals surface area contributed by atoms with Crippen molar-refractivity contribution in [1.82, 2.24) is 0 Å². The molecule has 0 aromatic rings. The van der Waals surface area contributed by atoms with Gasteiger partial charge in [0.2, 0.25) is 0 Å². The Labute approximate surface area is 97.2 Å². The third kappa shape index (κ3) is 2.97. The number of nitrogens with two attached hydrogens (primary N) is 1. The lowest BCUT2D eigenvalue weighted by molar-refractivity contribution is 0.544. The van der Waals surface area contributed by atoms with E-state index in [1.165, 1.54) is 12.8 Å². The average Bonchev–Trinajstić information content (AvgIpc) is 2.74. The summed E-state index contributed by atoms with van der Waals surface area (Å²) in [6, 6.07) is 0.143. The van der Waals surface area contributed by atoms with E-state index in [1.807, 2.05) is 0 Å². The van der Waals surface area contributed by atoms with Crippen molar-refractivity contribution >= 4 is 15.7 Å². The van der Waals surface area contributed by atoms with E-state index in [4.69, 9.17) is 5.73 Å². The third-order valence-electron chi connectivity index (χ3n) is 3.63. The van der Waals surface area contributed by atoms with Gasteiger partial charge in [-0.2, -0.15) is 0 Å². The van der Waals surface area contributed by atoms with Crippen LogP contribution in [0.2, 0.25) is 0 Å². The molecule has 5 heteroatoms. The van der Waals surface area contributed by atoms with Crippen LogP contribution in [0.3, 0.4) is 0 Å². The SMILES string of the molecule is NC(=NC1CCS(=O)(=O)CC1)C1CCCC1. The molecule has 0 atom stereocenters. The summed E-state index contributed by atoms with van der Waals surface area (Å²) in [5.74, 6) is 1.78. The molecule has 1 saturated heterocycles. The van der Waals surface area contributed by atoms with E-state index in [9.17, 15) is 8.42 Å². The van der Waals surface area contributed by atoms with Gasteiger partial charge in [-0.25, -0.2) is 8.42 Å². The molecule has 0 spiro atoms. The zero-order chi connectivity index (χ0) is 11.6. The molecule has 2 N–H and O–H groups in total. The zero-order valence-corrected chi connectivity index (χ0v) is 10.4. The molecule has 2 aliphatic rings. The first-order chi connectivity index (χ1) is 7.57. The highest BCUT2D eigenvalue weighted by Crippen LogP contribution is 2.25. The van der Waals surface area contributed by atoms with Gasteiger partial charge in [0.05, 0.1) is 23.4 Å². The quantitative estimate of drug-likeness (QED) is 0.584. The Hall–Kier alpha value is -0.580. The molecular formula is C11H20N2O2S. The van der Waals surface area contributed by atoms with Crippen LogP contribution in [-0.2, 0) is 9.84 Å². The Morgan fingerprint density at radius 2 is 1.62 bits per heavy atom. The van der Waals surface area contributed by atoms with E-state index < -0.39 is 9.84 Å². The maximum atomic E-state index is 11.3. The number of sulfone groups is 1. The van der Waals surface area contributed by atoms with Gasteiger partial charge >= 0.3 is 0 Å². The fourth-order valence-corrected chi connectivity index (χ4v) is 4.01. The number of amidine groups is 1. The average molecular weight is 244 g/mol. The number of rotatable bonds is 2. The minimum absolute atomic E-state index is 0.143. The van der Waals surface area contributed by atoms with Crippen LogP contribution in [0.15, 0.2) is 4.99 Å². The summed E-state index contributed by atoms with van der Waals surface area (Å²) in [4.78, 5) is 4.51. The first-order valence-electron chi connectivity index (χ1n) is 6.10. The number of aliphatic imine (C=N–C) groups is 1. The summed E-state index contributed by atoms with van der Waals surface area (Å²) in [6.45, 7) is 0. The summed E-state index contributed by atoms with van der Waals surface area (Å²) in [7, 11) is -2.78. The van der Waals surface area contributed by atoms with Crippen LogP contribution in [-0.4, -0.2) is 31.8 Å². The summed E-state index contributed by atoms with van der Waals surface area (Å²) in [6.07, 6.45) is 6.10. The lowest BCUT2D eigenvalue weighted by Gasteiger charge is -2.20. The lowest BCUT2D eigenvalue weighted by Crippen LogP contribution is -2.29. The molecule has 1 saturated carbocycles. The highest BCUT2D eigenvalue weighted by molar-refractivity contribution is 7.91. The Morgan fingerprint density at radius 1 is 1.06 bits per heavy atom. The van der Waals surface area contributed by atoms with Crippen molar-refractivity contribution in [3.8, 4) is 0 Å². The molecule has 0 unspecified atom stereocenters. The van der Waals surface area contributed by atoms with Gasteiger partial charge in [-0.05, 0) is 25.7 Å². The highest BCUT2D eigenvalue weighted by Gasteiger charge is 2.25. The number of hydrogen-bond acceptors (Lipinski definition) is 3. The van der Waals surface area contributed by atoms with Crippen molar-refractivity contribution in [3.05, 3.63) is 0 Å². The fourth-order valence-electron chi connectivity index (χ4n) is 2.54. The largest absolute Gasteiger partial charge is 0.387 e. The summed E-state index contributed by atoms with van der Waals surface area (Å²) in [5.41, 5.74) is 5.98. The van der Waals surface area contributed by atoms with Crippen LogP contribution in [0.4, 0.5) is 0 Å². The molecule has 0 amide bonds. The van der Waals surface area contributed by atoms with Gasteiger partial charge in [-0.1, -0.05) is 12.8 Å². The monoisotopic (exact) mass is 244 g/mol. The molecule has 0 aromatic carbocycles. The van der Waals surface area contributed by atoms with E-state index >= 15 is 0 Å². The molecule has 0 bridgehead atoms. The fraction of sp³-hybridized carbons (Fsp3) is 0.909. The minimum atomic E-state index is -2.78. The number of nitrogens with zero attached hydrogens (tertiary/aromatic N) is 1. The minimum Gasteiger partial charge on any atom is -0.387 e. The highest BCUT2D eigenvalue weighted by atomic mass is 32.2. The van der Waals surface area contributed by atoms with Crippen molar-refractivity contribution in [1.29, 1.82) is 0 Å². The van der Waals surface area contributed by atoms with Crippen LogP contribution in [0.25, 0.3) is 0 Å². The van der Waals surface area contributed by atoms with Crippen LogP contribution < -0.4 is 5.73 Å². The molecule has 0 radical (unpaired) electrons. The second kappa shape index (κ2) is 4.73. The molecule has 0 aromatic heterocycles. The topological polar surface area (TPSA) is 72.5 Å². The van der Waals surface area contributed by atoms with Crippen molar-refractivity contribution in [2.24, 2.45) is 16.6 Å². The van der Waals surface area contributed by atoms with E-state index in [-0.39, 0.29) is 17.5 Å². The zero-order valence-electron chi connectivity index (χ0n) is 9.56.